The first-order valence-corrected chi connectivity index (χ1v) is 13.9. The number of nitrogens with zero attached hydrogens (tertiary/aromatic N) is 1. The highest BCUT2D eigenvalue weighted by molar-refractivity contribution is 6.32. The number of alkyl halides is 3. The standard InChI is InChI=1S/C29H33ClF4N2O3/c1-17-15-36(11-9-24(17)18-2-6-22(31)7-3-18)23-8-10-28(39-16-23,20-4-5-20)27(38)35-14-19-12-21(29(32,33)34)13-25(30)26(19)37/h2-3,6-7,12-13,17,20,23-24,37H,4-5,8-11,14-16H2,1H3,(H,35,38)/t17-,23-,24-,28+/m1/s1. The van der Waals surface area contributed by atoms with E-state index in [2.05, 4.69) is 17.1 Å². The number of aromatic hydroxyl groups is 1. The van der Waals surface area contributed by atoms with Crippen LogP contribution in [0.5, 0.6) is 5.75 Å². The number of hydrogen-bond donors (Lipinski definition) is 2. The Labute approximate surface area is 230 Å². The van der Waals surface area contributed by atoms with Crippen LogP contribution in [0.3, 0.4) is 0 Å². The highest BCUT2D eigenvalue weighted by atomic mass is 35.5. The van der Waals surface area contributed by atoms with Gasteiger partial charge in [-0.25, -0.2) is 4.39 Å². The molecular weight excluding hydrogens is 536 g/mol. The fourth-order valence-corrected chi connectivity index (χ4v) is 6.54. The maximum atomic E-state index is 13.4. The summed E-state index contributed by atoms with van der Waals surface area (Å²) >= 11 is 5.82. The van der Waals surface area contributed by atoms with E-state index >= 15 is 0 Å². The summed E-state index contributed by atoms with van der Waals surface area (Å²) in [6.07, 6.45) is -0.649. The SMILES string of the molecule is C[C@@H]1CN([C@@H]2CC[C@@](C(=O)NCc3cc(C(F)(F)F)cc(Cl)c3O)(C3CC3)OC2)CC[C@H]1c1ccc(F)cc1. The number of phenolic OH excluding ortho intramolecular Hbond substituents is 1. The van der Waals surface area contributed by atoms with Crippen molar-refractivity contribution >= 4 is 17.5 Å². The molecule has 2 aromatic rings. The van der Waals surface area contributed by atoms with Crippen molar-refractivity contribution in [3.8, 4) is 5.75 Å². The van der Waals surface area contributed by atoms with Crippen LogP contribution in [0.2, 0.25) is 5.02 Å². The Morgan fingerprint density at radius 3 is 2.49 bits per heavy atom. The average Bonchev–Trinajstić information content (AvgIpc) is 3.75. The predicted molar refractivity (Wildman–Crippen MR) is 139 cm³/mol. The van der Waals surface area contributed by atoms with Crippen LogP contribution in [0.1, 0.15) is 61.6 Å². The normalized spacial score (nSPS) is 28.3. The molecule has 2 aliphatic heterocycles. The van der Waals surface area contributed by atoms with Crippen LogP contribution >= 0.6 is 11.6 Å². The second-order valence-electron chi connectivity index (χ2n) is 11.2. The smallest absolute Gasteiger partial charge is 0.416 e. The zero-order chi connectivity index (χ0) is 27.9. The molecule has 10 heteroatoms. The molecule has 0 spiro atoms. The minimum absolute atomic E-state index is 0.0697. The highest BCUT2D eigenvalue weighted by Crippen LogP contribution is 2.48. The van der Waals surface area contributed by atoms with Crippen LogP contribution in [0, 0.1) is 17.7 Å². The Hall–Kier alpha value is -2.36. The number of piperidine rings is 1. The van der Waals surface area contributed by atoms with Gasteiger partial charge in [-0.15, -0.1) is 0 Å². The third-order valence-corrected chi connectivity index (χ3v) is 8.95. The van der Waals surface area contributed by atoms with Gasteiger partial charge in [0.2, 0.25) is 0 Å². The molecule has 1 saturated carbocycles. The van der Waals surface area contributed by atoms with Crippen LogP contribution in [0.4, 0.5) is 17.6 Å². The number of likely N-dealkylation sites (tertiary alicyclic amines) is 1. The topological polar surface area (TPSA) is 61.8 Å². The van der Waals surface area contributed by atoms with Gasteiger partial charge < -0.3 is 15.2 Å². The van der Waals surface area contributed by atoms with E-state index in [-0.39, 0.29) is 35.8 Å². The molecule has 0 radical (unpaired) electrons. The molecule has 3 aliphatic rings. The number of nitrogens with one attached hydrogen (secondary N) is 1. The summed E-state index contributed by atoms with van der Waals surface area (Å²) in [5.74, 6) is -0.256. The molecule has 0 aromatic heterocycles. The monoisotopic (exact) mass is 568 g/mol. The van der Waals surface area contributed by atoms with Gasteiger partial charge >= 0.3 is 6.18 Å². The van der Waals surface area contributed by atoms with Crippen molar-refractivity contribution in [2.75, 3.05) is 19.7 Å². The lowest BCUT2D eigenvalue weighted by molar-refractivity contribution is -0.166. The van der Waals surface area contributed by atoms with E-state index in [4.69, 9.17) is 16.3 Å². The van der Waals surface area contributed by atoms with Crippen molar-refractivity contribution in [1.29, 1.82) is 0 Å². The molecular formula is C29H33ClF4N2O3. The van der Waals surface area contributed by atoms with Crippen molar-refractivity contribution < 1.29 is 32.2 Å². The van der Waals surface area contributed by atoms with Gasteiger partial charge in [0, 0.05) is 24.7 Å². The largest absolute Gasteiger partial charge is 0.506 e. The molecule has 0 unspecified atom stereocenters. The molecule has 5 rings (SSSR count). The maximum absolute atomic E-state index is 13.4. The number of amides is 1. The van der Waals surface area contributed by atoms with Gasteiger partial charge in [-0.05, 0) is 86.2 Å². The van der Waals surface area contributed by atoms with Gasteiger partial charge in [0.15, 0.2) is 0 Å². The minimum Gasteiger partial charge on any atom is -0.506 e. The Morgan fingerprint density at radius 1 is 1.18 bits per heavy atom. The van der Waals surface area contributed by atoms with Crippen molar-refractivity contribution in [2.45, 2.75) is 69.3 Å². The summed E-state index contributed by atoms with van der Waals surface area (Å²) < 4.78 is 59.3. The quantitative estimate of drug-likeness (QED) is 0.403. The predicted octanol–water partition coefficient (Wildman–Crippen LogP) is 6.27. The zero-order valence-electron chi connectivity index (χ0n) is 21.7. The van der Waals surface area contributed by atoms with Gasteiger partial charge in [0.05, 0.1) is 17.2 Å². The molecule has 2 heterocycles. The number of ether oxygens (including phenoxy) is 1. The molecule has 1 amide bonds. The minimum atomic E-state index is -4.63. The summed E-state index contributed by atoms with van der Waals surface area (Å²) in [6.45, 7) is 4.09. The van der Waals surface area contributed by atoms with Crippen molar-refractivity contribution in [1.82, 2.24) is 10.2 Å². The summed E-state index contributed by atoms with van der Waals surface area (Å²) in [7, 11) is 0. The number of halogens is 5. The summed E-state index contributed by atoms with van der Waals surface area (Å²) in [5, 5.41) is 12.5. The first-order valence-electron chi connectivity index (χ1n) is 13.5. The van der Waals surface area contributed by atoms with E-state index in [1.165, 1.54) is 12.1 Å². The Kier molecular flexibility index (Phi) is 7.87. The van der Waals surface area contributed by atoms with E-state index in [1.807, 2.05) is 12.1 Å². The number of rotatable bonds is 6. The Morgan fingerprint density at radius 2 is 1.90 bits per heavy atom. The van der Waals surface area contributed by atoms with Crippen LogP contribution in [0.25, 0.3) is 0 Å². The molecule has 5 nitrogen and oxygen atoms in total. The second kappa shape index (κ2) is 10.9. The Bertz CT molecular complexity index is 1190. The highest BCUT2D eigenvalue weighted by Gasteiger charge is 2.54. The molecule has 3 fully saturated rings. The van der Waals surface area contributed by atoms with Gasteiger partial charge in [0.1, 0.15) is 17.2 Å². The number of hydrogen-bond acceptors (Lipinski definition) is 4. The molecule has 39 heavy (non-hydrogen) atoms. The van der Waals surface area contributed by atoms with Gasteiger partial charge in [0.25, 0.3) is 5.91 Å². The number of carbonyl (C=O) groups is 1. The summed E-state index contributed by atoms with van der Waals surface area (Å²) in [4.78, 5) is 15.8. The molecule has 2 aromatic carbocycles. The van der Waals surface area contributed by atoms with E-state index in [0.29, 0.717) is 30.9 Å². The number of carbonyl (C=O) groups excluding carboxylic acids is 1. The van der Waals surface area contributed by atoms with Crippen molar-refractivity contribution in [3.05, 3.63) is 63.9 Å². The fourth-order valence-electron chi connectivity index (χ4n) is 6.30. The van der Waals surface area contributed by atoms with Gasteiger partial charge in [-0.2, -0.15) is 13.2 Å². The van der Waals surface area contributed by atoms with Crippen molar-refractivity contribution in [2.24, 2.45) is 11.8 Å². The van der Waals surface area contributed by atoms with E-state index < -0.39 is 28.1 Å². The van der Waals surface area contributed by atoms with Gasteiger partial charge in [-0.3, -0.25) is 9.69 Å². The Balaban J connectivity index is 1.20. The zero-order valence-corrected chi connectivity index (χ0v) is 22.5. The molecule has 0 bridgehead atoms. The second-order valence-corrected chi connectivity index (χ2v) is 11.6. The van der Waals surface area contributed by atoms with Crippen LogP contribution < -0.4 is 5.32 Å². The van der Waals surface area contributed by atoms with Crippen LogP contribution in [0.15, 0.2) is 36.4 Å². The fraction of sp³-hybridized carbons (Fsp3) is 0.552. The van der Waals surface area contributed by atoms with Crippen molar-refractivity contribution in [3.63, 3.8) is 0 Å². The summed E-state index contributed by atoms with van der Waals surface area (Å²) in [5.41, 5.74) is -0.947. The van der Waals surface area contributed by atoms with Gasteiger partial charge in [-0.1, -0.05) is 30.7 Å². The molecule has 212 valence electrons. The molecule has 2 N–H and O–H groups in total. The summed E-state index contributed by atoms with van der Waals surface area (Å²) in [6, 6.07) is 8.40. The maximum Gasteiger partial charge on any atom is 0.416 e. The average molecular weight is 569 g/mol. The molecule has 4 atom stereocenters. The van der Waals surface area contributed by atoms with Crippen LogP contribution in [-0.4, -0.2) is 47.3 Å². The third kappa shape index (κ3) is 5.91. The van der Waals surface area contributed by atoms with E-state index in [9.17, 15) is 27.5 Å². The van der Waals surface area contributed by atoms with E-state index in [0.717, 1.165) is 50.4 Å². The first-order chi connectivity index (χ1) is 18.5. The molecule has 1 aliphatic carbocycles. The van der Waals surface area contributed by atoms with E-state index in [1.54, 1.807) is 0 Å². The lowest BCUT2D eigenvalue weighted by Gasteiger charge is -2.46. The number of phenols is 1. The molecule has 2 saturated heterocycles. The first kappa shape index (κ1) is 28.2. The third-order valence-electron chi connectivity index (χ3n) is 8.66. The lowest BCUT2D eigenvalue weighted by Crippen LogP contribution is -2.57. The lowest BCUT2D eigenvalue weighted by atomic mass is 9.80. The number of benzene rings is 2. The van der Waals surface area contributed by atoms with Crippen LogP contribution in [-0.2, 0) is 22.3 Å².